The number of phenolic OH excluding ortho intramolecular Hbond substituents is 2. The summed E-state index contributed by atoms with van der Waals surface area (Å²) in [7, 11) is 0. The van der Waals surface area contributed by atoms with Crippen LogP contribution >= 0.6 is 24.4 Å². The predicted octanol–water partition coefficient (Wildman–Crippen LogP) is 10.1. The van der Waals surface area contributed by atoms with Crippen molar-refractivity contribution in [3.05, 3.63) is 46.5 Å². The number of aromatic hydroxyl groups is 2. The third kappa shape index (κ3) is 9.47. The number of Topliss-reactive ketones (excluding diaryl/α,β-unsaturated/α-hetero) is 1. The van der Waals surface area contributed by atoms with Gasteiger partial charge in [-0.1, -0.05) is 83.1 Å². The molecule has 2 heterocycles. The molecule has 0 aromatic heterocycles. The van der Waals surface area contributed by atoms with E-state index in [1.165, 1.54) is 12.8 Å². The molecule has 0 unspecified atom stereocenters. The van der Waals surface area contributed by atoms with Crippen molar-refractivity contribution in [2.24, 2.45) is 11.3 Å². The van der Waals surface area contributed by atoms with Gasteiger partial charge in [0.2, 0.25) is 0 Å². The number of ketones is 1. The Morgan fingerprint density at radius 1 is 0.778 bits per heavy atom. The lowest BCUT2D eigenvalue weighted by Crippen LogP contribution is -2.39. The number of carbonyl (C=O) groups excluding carboxylic acids is 1. The lowest BCUT2D eigenvalue weighted by molar-refractivity contribution is -0.129. The van der Waals surface area contributed by atoms with Gasteiger partial charge in [0.15, 0.2) is 0 Å². The molecule has 5 rings (SSSR count). The maximum Gasteiger partial charge on any atom is 0.141 e. The number of fused-ring (bicyclic) bond motifs is 4. The van der Waals surface area contributed by atoms with Crippen molar-refractivity contribution in [3.63, 3.8) is 0 Å². The van der Waals surface area contributed by atoms with E-state index in [0.717, 1.165) is 69.6 Å². The molecule has 2 aromatic carbocycles. The van der Waals surface area contributed by atoms with E-state index in [1.807, 2.05) is 12.1 Å². The molecule has 1 aliphatic carbocycles. The van der Waals surface area contributed by atoms with Gasteiger partial charge in [-0.3, -0.25) is 4.79 Å². The average molecular weight is 656 g/mol. The Kier molecular flexibility index (Phi) is 11.6. The highest BCUT2D eigenvalue weighted by Crippen LogP contribution is 2.44. The summed E-state index contributed by atoms with van der Waals surface area (Å²) < 4.78 is 0. The zero-order chi connectivity index (χ0) is 34.2. The molecule has 0 spiro atoms. The molecule has 2 aliphatic heterocycles. The second-order valence-corrected chi connectivity index (χ2v) is 19.3. The maximum absolute atomic E-state index is 13.1. The SMILES string of the molecule is CC(C)(C)c1cc(S)cc(C(C)(C)C)c1O.CC(C)(C)c1cc(SCCC(=O)C23CCC(CC2)CNC3)cc(C(C)(C)C)c1O. The number of thiol groups is 1. The number of rotatable bonds is 5. The fraction of sp³-hybridized carbons (Fsp3) is 0.667. The van der Waals surface area contributed by atoms with E-state index in [0.29, 0.717) is 23.7 Å². The average Bonchev–Trinajstić information content (AvgIpc) is 3.23. The summed E-state index contributed by atoms with van der Waals surface area (Å²) in [6.45, 7) is 27.4. The van der Waals surface area contributed by atoms with Crippen LogP contribution in [-0.2, 0) is 26.5 Å². The van der Waals surface area contributed by atoms with Gasteiger partial charge < -0.3 is 15.5 Å². The molecule has 3 fully saturated rings. The monoisotopic (exact) mass is 655 g/mol. The van der Waals surface area contributed by atoms with Crippen LogP contribution in [0.3, 0.4) is 0 Å². The molecular formula is C39H61NO3S2. The standard InChI is InChI=1S/C25H39NO2S.C14H22OS/c1-23(2,3)19-13-18(14-20(22(19)28)24(4,5)6)29-12-9-21(27)25-10-7-17(8-11-25)15-26-16-25;1-13(2,3)10-7-9(16)8-11(12(10)15)14(4,5)6/h13-14,17,26,28H,7-12,15-16H2,1-6H3;7-8,15-16H,1-6H3. The van der Waals surface area contributed by atoms with Crippen LogP contribution in [0.1, 0.15) is 137 Å². The molecule has 252 valence electrons. The fourth-order valence-electron chi connectivity index (χ4n) is 6.63. The zero-order valence-electron chi connectivity index (χ0n) is 30.2. The molecule has 2 aromatic rings. The summed E-state index contributed by atoms with van der Waals surface area (Å²) in [6.07, 6.45) is 5.17. The molecule has 2 saturated heterocycles. The topological polar surface area (TPSA) is 69.6 Å². The van der Waals surface area contributed by atoms with Crippen LogP contribution in [0.2, 0.25) is 0 Å². The van der Waals surface area contributed by atoms with Crippen molar-refractivity contribution >= 4 is 30.2 Å². The highest BCUT2D eigenvalue weighted by Gasteiger charge is 2.42. The number of hydrogen-bond acceptors (Lipinski definition) is 6. The first-order valence-corrected chi connectivity index (χ1v) is 18.2. The molecule has 0 amide bonds. The Bertz CT molecular complexity index is 1270. The Morgan fingerprint density at radius 2 is 1.18 bits per heavy atom. The van der Waals surface area contributed by atoms with Crippen molar-refractivity contribution in [1.82, 2.24) is 5.32 Å². The molecule has 6 heteroatoms. The largest absolute Gasteiger partial charge is 0.507 e. The molecule has 1 saturated carbocycles. The summed E-state index contributed by atoms with van der Waals surface area (Å²) in [5.74, 6) is 2.87. The van der Waals surface area contributed by atoms with E-state index in [-0.39, 0.29) is 27.1 Å². The first-order chi connectivity index (χ1) is 20.5. The molecule has 3 N–H and O–H groups in total. The normalized spacial score (nSPS) is 20.8. The molecule has 0 radical (unpaired) electrons. The second kappa shape index (κ2) is 13.8. The van der Waals surface area contributed by atoms with E-state index >= 15 is 0 Å². The van der Waals surface area contributed by atoms with Gasteiger partial charge in [0, 0.05) is 56.2 Å². The van der Waals surface area contributed by atoms with E-state index in [4.69, 9.17) is 0 Å². The molecule has 0 atom stereocenters. The minimum atomic E-state index is -0.125. The summed E-state index contributed by atoms with van der Waals surface area (Å²) in [6, 6.07) is 8.15. The minimum Gasteiger partial charge on any atom is -0.507 e. The van der Waals surface area contributed by atoms with E-state index in [9.17, 15) is 15.0 Å². The number of hydrogen-bond donors (Lipinski definition) is 4. The first kappa shape index (κ1) is 37.8. The van der Waals surface area contributed by atoms with Gasteiger partial charge in [0.1, 0.15) is 17.3 Å². The highest BCUT2D eigenvalue weighted by atomic mass is 32.2. The summed E-state index contributed by atoms with van der Waals surface area (Å²) in [5.41, 5.74) is 3.41. The van der Waals surface area contributed by atoms with Crippen LogP contribution < -0.4 is 5.32 Å². The van der Waals surface area contributed by atoms with Gasteiger partial charge in [-0.05, 0) is 84.1 Å². The number of thioether (sulfide) groups is 1. The van der Waals surface area contributed by atoms with Crippen LogP contribution in [0.5, 0.6) is 11.5 Å². The highest BCUT2D eigenvalue weighted by molar-refractivity contribution is 7.99. The Morgan fingerprint density at radius 3 is 1.58 bits per heavy atom. The van der Waals surface area contributed by atoms with Gasteiger partial charge in [0.25, 0.3) is 0 Å². The summed E-state index contributed by atoms with van der Waals surface area (Å²) in [4.78, 5) is 15.2. The minimum absolute atomic E-state index is 0.0666. The van der Waals surface area contributed by atoms with Crippen LogP contribution in [0, 0.1) is 11.3 Å². The van der Waals surface area contributed by atoms with Gasteiger partial charge in [-0.2, -0.15) is 0 Å². The van der Waals surface area contributed by atoms with Gasteiger partial charge in [-0.15, -0.1) is 24.4 Å². The molecular weight excluding hydrogens is 595 g/mol. The van der Waals surface area contributed by atoms with Crippen molar-refractivity contribution in [1.29, 1.82) is 0 Å². The Labute approximate surface area is 284 Å². The van der Waals surface area contributed by atoms with Crippen LogP contribution in [0.4, 0.5) is 0 Å². The molecule has 2 bridgehead atoms. The fourth-order valence-corrected chi connectivity index (χ4v) is 7.81. The third-order valence-electron chi connectivity index (χ3n) is 9.56. The van der Waals surface area contributed by atoms with Crippen LogP contribution in [0.25, 0.3) is 0 Å². The molecule has 45 heavy (non-hydrogen) atoms. The Balaban J connectivity index is 0.000000292. The summed E-state index contributed by atoms with van der Waals surface area (Å²) >= 11 is 6.18. The van der Waals surface area contributed by atoms with Gasteiger partial charge in [0.05, 0.1) is 0 Å². The van der Waals surface area contributed by atoms with Crippen molar-refractivity contribution in [2.75, 3.05) is 18.8 Å². The number of phenols is 2. The second-order valence-electron chi connectivity index (χ2n) is 17.6. The number of benzene rings is 2. The van der Waals surface area contributed by atoms with E-state index < -0.39 is 0 Å². The van der Waals surface area contributed by atoms with Crippen LogP contribution in [0.15, 0.2) is 34.1 Å². The lowest BCUT2D eigenvalue weighted by atomic mass is 9.69. The molecule has 3 aliphatic rings. The van der Waals surface area contributed by atoms with Gasteiger partial charge in [-0.25, -0.2) is 0 Å². The number of nitrogens with one attached hydrogen (secondary N) is 1. The predicted molar refractivity (Wildman–Crippen MR) is 196 cm³/mol. The quantitative estimate of drug-likeness (QED) is 0.191. The van der Waals surface area contributed by atoms with Crippen molar-refractivity contribution < 1.29 is 15.0 Å². The third-order valence-corrected chi connectivity index (χ3v) is 10.8. The Hall–Kier alpha value is -1.63. The zero-order valence-corrected chi connectivity index (χ0v) is 31.9. The van der Waals surface area contributed by atoms with Crippen molar-refractivity contribution in [3.8, 4) is 11.5 Å². The lowest BCUT2D eigenvalue weighted by Gasteiger charge is -2.35. The molecule has 4 nitrogen and oxygen atoms in total. The number of carbonyl (C=O) groups is 1. The van der Waals surface area contributed by atoms with Crippen LogP contribution in [-0.4, -0.2) is 34.8 Å². The first-order valence-electron chi connectivity index (χ1n) is 16.8. The maximum atomic E-state index is 13.1. The summed E-state index contributed by atoms with van der Waals surface area (Å²) in [5, 5.41) is 24.8. The smallest absolute Gasteiger partial charge is 0.141 e. The van der Waals surface area contributed by atoms with Crippen molar-refractivity contribution in [2.45, 2.75) is 147 Å². The van der Waals surface area contributed by atoms with E-state index in [2.05, 4.69) is 113 Å². The van der Waals surface area contributed by atoms with E-state index in [1.54, 1.807) is 11.8 Å². The van der Waals surface area contributed by atoms with Gasteiger partial charge >= 0.3 is 0 Å².